The molecule has 2 aliphatic rings. The first-order chi connectivity index (χ1) is 17.0. The van der Waals surface area contributed by atoms with Crippen molar-refractivity contribution in [2.24, 2.45) is 11.0 Å². The van der Waals surface area contributed by atoms with Gasteiger partial charge in [0.1, 0.15) is 0 Å². The van der Waals surface area contributed by atoms with Crippen molar-refractivity contribution >= 4 is 49.6 Å². The van der Waals surface area contributed by atoms with Gasteiger partial charge in [-0.1, -0.05) is 68.3 Å². The Hall–Kier alpha value is -2.77. The van der Waals surface area contributed by atoms with Crippen molar-refractivity contribution in [3.05, 3.63) is 104 Å². The summed E-state index contributed by atoms with van der Waals surface area (Å²) in [6, 6.07) is 22.0. The number of hydrazone groups is 1. The topological polar surface area (TPSA) is 41.9 Å². The molecule has 1 saturated carbocycles. The Kier molecular flexibility index (Phi) is 7.16. The number of benzene rings is 3. The number of amides is 1. The fraction of sp³-hybridized carbons (Fsp3) is 0.214. The van der Waals surface area contributed by atoms with E-state index in [-0.39, 0.29) is 30.2 Å². The number of carbonyl (C=O) groups excluding carboxylic acids is 1. The van der Waals surface area contributed by atoms with Crippen LogP contribution in [0.1, 0.15) is 36.4 Å². The average Bonchev–Trinajstić information content (AvgIpc) is 3.26. The molecule has 2 atom stereocenters. The van der Waals surface area contributed by atoms with E-state index >= 15 is 0 Å². The lowest BCUT2D eigenvalue weighted by Crippen LogP contribution is -2.34. The predicted octanol–water partition coefficient (Wildman–Crippen LogP) is 7.55. The Morgan fingerprint density at radius 1 is 1.03 bits per heavy atom. The Labute approximate surface area is 220 Å². The van der Waals surface area contributed by atoms with Crippen molar-refractivity contribution in [3.8, 4) is 5.75 Å². The normalized spacial score (nSPS) is 20.5. The summed E-state index contributed by atoms with van der Waals surface area (Å²) < 4.78 is 21.6. The molecule has 0 unspecified atom stereocenters. The first-order valence-electron chi connectivity index (χ1n) is 11.5. The quantitative estimate of drug-likeness (QED) is 0.305. The number of halogens is 3. The van der Waals surface area contributed by atoms with E-state index in [0.29, 0.717) is 0 Å². The number of rotatable bonds is 5. The first kappa shape index (κ1) is 23.9. The molecule has 5 rings (SSSR count). The molecule has 3 aromatic rings. The maximum absolute atomic E-state index is 14.0. The number of hydrogen-bond acceptors (Lipinski definition) is 3. The molecule has 7 heteroatoms. The molecule has 0 radical (unpaired) electrons. The second-order valence-electron chi connectivity index (χ2n) is 8.66. The Morgan fingerprint density at radius 2 is 1.71 bits per heavy atom. The van der Waals surface area contributed by atoms with Gasteiger partial charge in [-0.15, -0.1) is 0 Å². The Morgan fingerprint density at radius 3 is 2.43 bits per heavy atom. The second-order valence-corrected chi connectivity index (χ2v) is 10.5. The van der Waals surface area contributed by atoms with Crippen molar-refractivity contribution in [2.75, 3.05) is 6.61 Å². The zero-order chi connectivity index (χ0) is 24.4. The molecule has 0 aromatic heterocycles. The van der Waals surface area contributed by atoms with Gasteiger partial charge in [0.05, 0.1) is 11.8 Å². The number of allylic oxidation sites excluding steroid dienone is 1. The molecule has 1 heterocycles. The molecular weight excluding hydrogens is 575 g/mol. The smallest absolute Gasteiger partial charge is 0.281 e. The van der Waals surface area contributed by atoms with Crippen molar-refractivity contribution in [1.29, 1.82) is 0 Å². The highest BCUT2D eigenvalue weighted by molar-refractivity contribution is 9.10. The predicted molar refractivity (Wildman–Crippen MR) is 143 cm³/mol. The summed E-state index contributed by atoms with van der Waals surface area (Å²) in [5, 5.41) is 6.40. The minimum Gasteiger partial charge on any atom is -0.481 e. The largest absolute Gasteiger partial charge is 0.481 e. The van der Waals surface area contributed by atoms with E-state index in [4.69, 9.17) is 9.84 Å². The minimum atomic E-state index is -0.495. The van der Waals surface area contributed by atoms with Crippen molar-refractivity contribution in [2.45, 2.75) is 25.3 Å². The minimum absolute atomic E-state index is 0.0566. The summed E-state index contributed by atoms with van der Waals surface area (Å²) >= 11 is 6.99. The molecule has 0 N–H and O–H groups in total. The van der Waals surface area contributed by atoms with Crippen LogP contribution in [0.3, 0.4) is 0 Å². The van der Waals surface area contributed by atoms with Gasteiger partial charge in [-0.25, -0.2) is 9.40 Å². The monoisotopic (exact) mass is 596 g/mol. The molecule has 1 fully saturated rings. The number of hydrogen-bond donors (Lipinski definition) is 0. The van der Waals surface area contributed by atoms with Crippen molar-refractivity contribution in [3.63, 3.8) is 0 Å². The Bertz CT molecular complexity index is 1290. The van der Waals surface area contributed by atoms with Crippen LogP contribution in [0.4, 0.5) is 4.39 Å². The highest BCUT2D eigenvalue weighted by Crippen LogP contribution is 2.44. The van der Waals surface area contributed by atoms with E-state index in [1.54, 1.807) is 17.1 Å². The second kappa shape index (κ2) is 10.5. The van der Waals surface area contributed by atoms with Gasteiger partial charge in [0.2, 0.25) is 0 Å². The lowest BCUT2D eigenvalue weighted by atomic mass is 9.77. The standard InChI is InChI=1S/C28H23Br2FN2O2/c29-21-12-8-18(9-13-21)16-20-4-3-5-23-27(20)32-33(28(23)19-10-14-22(30)15-11-19)26(34)17-35-25-7-2-1-6-24(25)31/h1-2,6-16,23,28H,3-5,17H2/b20-16+/t23-,28+/m0/s1. The van der Waals surface area contributed by atoms with Gasteiger partial charge in [0.15, 0.2) is 18.2 Å². The molecule has 178 valence electrons. The van der Waals surface area contributed by atoms with Crippen LogP contribution < -0.4 is 4.74 Å². The summed E-state index contributed by atoms with van der Waals surface area (Å²) in [5.74, 6) is -0.651. The third kappa shape index (κ3) is 5.26. The highest BCUT2D eigenvalue weighted by atomic mass is 79.9. The fourth-order valence-corrected chi connectivity index (χ4v) is 5.26. The van der Waals surface area contributed by atoms with Gasteiger partial charge in [-0.05, 0) is 78.4 Å². The zero-order valence-electron chi connectivity index (χ0n) is 18.8. The molecule has 4 nitrogen and oxygen atoms in total. The van der Waals surface area contributed by atoms with E-state index < -0.39 is 5.82 Å². The van der Waals surface area contributed by atoms with E-state index in [0.717, 1.165) is 50.6 Å². The third-order valence-electron chi connectivity index (χ3n) is 6.37. The molecule has 1 aliphatic heterocycles. The third-order valence-corrected chi connectivity index (χ3v) is 7.42. The Balaban J connectivity index is 1.47. The van der Waals surface area contributed by atoms with Crippen LogP contribution in [0.2, 0.25) is 0 Å². The SMILES string of the molecule is O=C(COc1ccccc1F)N1N=C2/C(=C/c3ccc(Br)cc3)CCC[C@@H]2[C@H]1c1ccc(Br)cc1. The highest BCUT2D eigenvalue weighted by Gasteiger charge is 2.43. The molecule has 35 heavy (non-hydrogen) atoms. The lowest BCUT2D eigenvalue weighted by Gasteiger charge is -2.29. The van der Waals surface area contributed by atoms with E-state index in [1.807, 2.05) is 36.4 Å². The molecular formula is C28H23Br2FN2O2. The maximum Gasteiger partial charge on any atom is 0.281 e. The van der Waals surface area contributed by atoms with E-state index in [2.05, 4.69) is 50.1 Å². The average molecular weight is 598 g/mol. The first-order valence-corrected chi connectivity index (χ1v) is 13.1. The summed E-state index contributed by atoms with van der Waals surface area (Å²) in [5.41, 5.74) is 4.21. The van der Waals surface area contributed by atoms with Crippen LogP contribution in [0.25, 0.3) is 6.08 Å². The summed E-state index contributed by atoms with van der Waals surface area (Å²) in [6.07, 6.45) is 5.04. The van der Waals surface area contributed by atoms with Crippen molar-refractivity contribution < 1.29 is 13.9 Å². The van der Waals surface area contributed by atoms with Gasteiger partial charge in [-0.3, -0.25) is 4.79 Å². The van der Waals surface area contributed by atoms with Crippen LogP contribution in [-0.4, -0.2) is 23.2 Å². The van der Waals surface area contributed by atoms with E-state index in [1.165, 1.54) is 12.1 Å². The fourth-order valence-electron chi connectivity index (χ4n) is 4.73. The molecule has 0 spiro atoms. The van der Waals surface area contributed by atoms with Crippen LogP contribution in [0, 0.1) is 11.7 Å². The number of para-hydroxylation sites is 1. The summed E-state index contributed by atoms with van der Waals surface area (Å²) in [4.78, 5) is 13.4. The number of fused-ring (bicyclic) bond motifs is 1. The van der Waals surface area contributed by atoms with Gasteiger partial charge in [-0.2, -0.15) is 5.10 Å². The lowest BCUT2D eigenvalue weighted by molar-refractivity contribution is -0.135. The van der Waals surface area contributed by atoms with Crippen LogP contribution in [0.15, 0.2) is 92.4 Å². The van der Waals surface area contributed by atoms with Gasteiger partial charge in [0.25, 0.3) is 5.91 Å². The molecule has 0 saturated heterocycles. The van der Waals surface area contributed by atoms with Gasteiger partial charge in [0, 0.05) is 14.9 Å². The van der Waals surface area contributed by atoms with Crippen LogP contribution in [0.5, 0.6) is 5.75 Å². The van der Waals surface area contributed by atoms with Crippen molar-refractivity contribution in [1.82, 2.24) is 5.01 Å². The van der Waals surface area contributed by atoms with E-state index in [9.17, 15) is 9.18 Å². The molecule has 1 aliphatic carbocycles. The number of ether oxygens (including phenoxy) is 1. The maximum atomic E-state index is 14.0. The van der Waals surface area contributed by atoms with Crippen LogP contribution in [-0.2, 0) is 4.79 Å². The van der Waals surface area contributed by atoms with Crippen LogP contribution >= 0.6 is 31.9 Å². The molecule has 3 aromatic carbocycles. The number of nitrogens with zero attached hydrogens (tertiary/aromatic N) is 2. The number of carbonyl (C=O) groups is 1. The van der Waals surface area contributed by atoms with Gasteiger partial charge >= 0.3 is 0 Å². The molecule has 1 amide bonds. The van der Waals surface area contributed by atoms with Gasteiger partial charge < -0.3 is 4.74 Å². The molecule has 0 bridgehead atoms. The zero-order valence-corrected chi connectivity index (χ0v) is 22.0. The summed E-state index contributed by atoms with van der Waals surface area (Å²) in [6.45, 7) is -0.288. The summed E-state index contributed by atoms with van der Waals surface area (Å²) in [7, 11) is 0.